The number of hydrogen-bond acceptors (Lipinski definition) is 2. The minimum absolute atomic E-state index is 0.493. The lowest BCUT2D eigenvalue weighted by Gasteiger charge is -2.08. The number of imidazole rings is 1. The van der Waals surface area contributed by atoms with Crippen LogP contribution in [0.1, 0.15) is 6.92 Å². The van der Waals surface area contributed by atoms with Crippen LogP contribution in [0.3, 0.4) is 0 Å². The minimum Gasteiger partial charge on any atom is -0.494 e. The maximum atomic E-state index is 6.12. The van der Waals surface area contributed by atoms with E-state index in [2.05, 4.69) is 4.98 Å². The molecular formula is C15H12Cl2N2OS. The second-order valence-electron chi connectivity index (χ2n) is 4.48. The van der Waals surface area contributed by atoms with Crippen molar-refractivity contribution < 1.29 is 4.74 Å². The highest BCUT2D eigenvalue weighted by Crippen LogP contribution is 2.30. The number of nitrogens with zero attached hydrogens (tertiary/aromatic N) is 1. The van der Waals surface area contributed by atoms with E-state index in [1.165, 1.54) is 0 Å². The first-order valence-corrected chi connectivity index (χ1v) is 7.59. The van der Waals surface area contributed by atoms with E-state index in [9.17, 15) is 0 Å². The van der Waals surface area contributed by atoms with Crippen molar-refractivity contribution in [1.29, 1.82) is 0 Å². The van der Waals surface area contributed by atoms with Gasteiger partial charge in [0.15, 0.2) is 4.77 Å². The van der Waals surface area contributed by atoms with E-state index in [0.717, 1.165) is 22.5 Å². The molecule has 108 valence electrons. The van der Waals surface area contributed by atoms with Crippen LogP contribution < -0.4 is 4.74 Å². The van der Waals surface area contributed by atoms with E-state index in [-0.39, 0.29) is 0 Å². The van der Waals surface area contributed by atoms with Crippen LogP contribution in [0, 0.1) is 4.77 Å². The number of aromatic amines is 1. The SMILES string of the molecule is CCOc1cccc(-n2c(=S)[nH]c3cc(Cl)c(Cl)cc32)c1. The predicted octanol–water partition coefficient (Wildman–Crippen LogP) is 5.39. The van der Waals surface area contributed by atoms with E-state index >= 15 is 0 Å². The fourth-order valence-electron chi connectivity index (χ4n) is 2.24. The second-order valence-corrected chi connectivity index (χ2v) is 5.68. The molecule has 0 bridgehead atoms. The first kappa shape index (κ1) is 14.4. The Bertz CT molecular complexity index is 870. The van der Waals surface area contributed by atoms with Crippen LogP contribution in [-0.4, -0.2) is 16.2 Å². The zero-order chi connectivity index (χ0) is 15.0. The molecule has 21 heavy (non-hydrogen) atoms. The molecule has 0 unspecified atom stereocenters. The lowest BCUT2D eigenvalue weighted by atomic mass is 10.2. The molecule has 1 aromatic heterocycles. The molecule has 0 radical (unpaired) electrons. The van der Waals surface area contributed by atoms with Crippen molar-refractivity contribution in [2.24, 2.45) is 0 Å². The summed E-state index contributed by atoms with van der Waals surface area (Å²) in [5.74, 6) is 0.798. The molecule has 0 fully saturated rings. The van der Waals surface area contributed by atoms with Gasteiger partial charge in [-0.25, -0.2) is 0 Å². The quantitative estimate of drug-likeness (QED) is 0.648. The van der Waals surface area contributed by atoms with Gasteiger partial charge >= 0.3 is 0 Å². The van der Waals surface area contributed by atoms with Gasteiger partial charge in [0, 0.05) is 6.07 Å². The van der Waals surface area contributed by atoms with Gasteiger partial charge in [-0.2, -0.15) is 0 Å². The van der Waals surface area contributed by atoms with Crippen LogP contribution in [-0.2, 0) is 0 Å². The van der Waals surface area contributed by atoms with E-state index in [1.54, 1.807) is 12.1 Å². The second kappa shape index (κ2) is 5.72. The maximum absolute atomic E-state index is 6.12. The number of fused-ring (bicyclic) bond motifs is 1. The average Bonchev–Trinajstić information content (AvgIpc) is 2.75. The van der Waals surface area contributed by atoms with Crippen LogP contribution in [0.15, 0.2) is 36.4 Å². The topological polar surface area (TPSA) is 29.9 Å². The normalized spacial score (nSPS) is 11.0. The first-order valence-electron chi connectivity index (χ1n) is 6.43. The highest BCUT2D eigenvalue weighted by atomic mass is 35.5. The molecular weight excluding hydrogens is 327 g/mol. The van der Waals surface area contributed by atoms with Gasteiger partial charge in [0.25, 0.3) is 0 Å². The Morgan fingerprint density at radius 1 is 1.19 bits per heavy atom. The molecule has 1 heterocycles. The van der Waals surface area contributed by atoms with Gasteiger partial charge in [0.05, 0.1) is 33.4 Å². The summed E-state index contributed by atoms with van der Waals surface area (Å²) >= 11 is 17.6. The van der Waals surface area contributed by atoms with E-state index in [0.29, 0.717) is 21.4 Å². The lowest BCUT2D eigenvalue weighted by Crippen LogP contribution is -1.96. The summed E-state index contributed by atoms with van der Waals surface area (Å²) < 4.78 is 8.03. The highest BCUT2D eigenvalue weighted by molar-refractivity contribution is 7.71. The van der Waals surface area contributed by atoms with Crippen LogP contribution in [0.5, 0.6) is 5.75 Å². The summed E-state index contributed by atoms with van der Waals surface area (Å²) in [6.07, 6.45) is 0. The van der Waals surface area contributed by atoms with Crippen molar-refractivity contribution in [3.8, 4) is 11.4 Å². The van der Waals surface area contributed by atoms with Gasteiger partial charge in [0.1, 0.15) is 5.75 Å². The number of aromatic nitrogens is 2. The van der Waals surface area contributed by atoms with E-state index in [4.69, 9.17) is 40.2 Å². The van der Waals surface area contributed by atoms with Crippen LogP contribution >= 0.6 is 35.4 Å². The molecule has 0 amide bonds. The van der Waals surface area contributed by atoms with Gasteiger partial charge in [-0.05, 0) is 43.4 Å². The Labute approximate surface area is 137 Å². The number of hydrogen-bond donors (Lipinski definition) is 1. The standard InChI is InChI=1S/C15H12Cl2N2OS/c1-2-20-10-5-3-4-9(6-10)19-14-8-12(17)11(16)7-13(14)18-15(19)21/h3-8H,2H2,1H3,(H,18,21). The zero-order valence-corrected chi connectivity index (χ0v) is 13.5. The average molecular weight is 339 g/mol. The summed E-state index contributed by atoms with van der Waals surface area (Å²) in [5, 5.41) is 0.989. The Morgan fingerprint density at radius 3 is 2.71 bits per heavy atom. The van der Waals surface area contributed by atoms with Crippen molar-refractivity contribution in [2.75, 3.05) is 6.61 Å². The number of benzene rings is 2. The molecule has 0 saturated heterocycles. The van der Waals surface area contributed by atoms with Crippen molar-refractivity contribution in [3.63, 3.8) is 0 Å². The summed E-state index contributed by atoms with van der Waals surface area (Å²) in [6.45, 7) is 2.57. The largest absolute Gasteiger partial charge is 0.494 e. The molecule has 2 aromatic carbocycles. The highest BCUT2D eigenvalue weighted by Gasteiger charge is 2.10. The third-order valence-electron chi connectivity index (χ3n) is 3.11. The molecule has 3 aromatic rings. The third kappa shape index (κ3) is 2.67. The van der Waals surface area contributed by atoms with Crippen LogP contribution in [0.25, 0.3) is 16.7 Å². The number of nitrogens with one attached hydrogen (secondary N) is 1. The fraction of sp³-hybridized carbons (Fsp3) is 0.133. The van der Waals surface area contributed by atoms with Crippen molar-refractivity contribution in [2.45, 2.75) is 6.92 Å². The maximum Gasteiger partial charge on any atom is 0.182 e. The fourth-order valence-corrected chi connectivity index (χ4v) is 2.87. The summed E-state index contributed by atoms with van der Waals surface area (Å²) in [4.78, 5) is 3.14. The number of H-pyrrole nitrogens is 1. The molecule has 6 heteroatoms. The van der Waals surface area contributed by atoms with E-state index < -0.39 is 0 Å². The number of halogens is 2. The van der Waals surface area contributed by atoms with Gasteiger partial charge in [-0.1, -0.05) is 29.3 Å². The van der Waals surface area contributed by atoms with Crippen LogP contribution in [0.4, 0.5) is 0 Å². The molecule has 0 aliphatic rings. The minimum atomic E-state index is 0.493. The molecule has 3 rings (SSSR count). The Kier molecular flexibility index (Phi) is 3.93. The van der Waals surface area contributed by atoms with Crippen LogP contribution in [0.2, 0.25) is 10.0 Å². The molecule has 3 nitrogen and oxygen atoms in total. The summed E-state index contributed by atoms with van der Waals surface area (Å²) in [6, 6.07) is 11.3. The molecule has 0 saturated carbocycles. The first-order chi connectivity index (χ1) is 10.1. The summed E-state index contributed by atoms with van der Waals surface area (Å²) in [5.41, 5.74) is 2.63. The molecule has 0 atom stereocenters. The Balaban J connectivity index is 2.24. The van der Waals surface area contributed by atoms with Gasteiger partial charge in [-0.3, -0.25) is 4.57 Å². The van der Waals surface area contributed by atoms with Gasteiger partial charge < -0.3 is 9.72 Å². The molecule has 0 aliphatic heterocycles. The summed E-state index contributed by atoms with van der Waals surface area (Å²) in [7, 11) is 0. The van der Waals surface area contributed by atoms with Crippen molar-refractivity contribution in [1.82, 2.24) is 9.55 Å². The Hall–Kier alpha value is -1.49. The van der Waals surface area contributed by atoms with Gasteiger partial charge in [0.2, 0.25) is 0 Å². The smallest absolute Gasteiger partial charge is 0.182 e. The molecule has 1 N–H and O–H groups in total. The zero-order valence-electron chi connectivity index (χ0n) is 11.2. The number of ether oxygens (including phenoxy) is 1. The van der Waals surface area contributed by atoms with Crippen molar-refractivity contribution >= 4 is 46.5 Å². The van der Waals surface area contributed by atoms with E-state index in [1.807, 2.05) is 35.8 Å². The predicted molar refractivity (Wildman–Crippen MR) is 89.6 cm³/mol. The lowest BCUT2D eigenvalue weighted by molar-refractivity contribution is 0.340. The van der Waals surface area contributed by atoms with Crippen molar-refractivity contribution in [3.05, 3.63) is 51.2 Å². The molecule has 0 aliphatic carbocycles. The van der Waals surface area contributed by atoms with Gasteiger partial charge in [-0.15, -0.1) is 0 Å². The third-order valence-corrected chi connectivity index (χ3v) is 4.12. The monoisotopic (exact) mass is 338 g/mol. The Morgan fingerprint density at radius 2 is 1.95 bits per heavy atom. The molecule has 0 spiro atoms. The number of rotatable bonds is 3.